The predicted molar refractivity (Wildman–Crippen MR) is 74.2 cm³/mol. The Morgan fingerprint density at radius 1 is 1.15 bits per heavy atom. The molecule has 0 saturated carbocycles. The number of aromatic nitrogens is 3. The highest BCUT2D eigenvalue weighted by Gasteiger charge is 2.39. The van der Waals surface area contributed by atoms with Crippen molar-refractivity contribution in [3.63, 3.8) is 0 Å². The number of nitrogens with zero attached hydrogens (tertiary/aromatic N) is 3. The van der Waals surface area contributed by atoms with Gasteiger partial charge in [0.1, 0.15) is 5.69 Å². The highest BCUT2D eigenvalue weighted by atomic mass is 32.2. The second kappa shape index (κ2) is 6.79. The molecule has 1 amide bonds. The average Bonchev–Trinajstić information content (AvgIpc) is 3.02. The van der Waals surface area contributed by atoms with E-state index in [4.69, 9.17) is 0 Å². The monoisotopic (exact) mass is 418 g/mol. The summed E-state index contributed by atoms with van der Waals surface area (Å²) in [4.78, 5) is 14.2. The predicted octanol–water partition coefficient (Wildman–Crippen LogP) is 2.55. The minimum Gasteiger partial charge on any atom is -0.399 e. The number of amides is 1. The van der Waals surface area contributed by atoms with Gasteiger partial charge < -0.3 is 4.42 Å². The van der Waals surface area contributed by atoms with E-state index in [9.17, 15) is 39.6 Å². The van der Waals surface area contributed by atoms with E-state index < -0.39 is 61.9 Å². The Morgan fingerprint density at radius 2 is 1.78 bits per heavy atom. The summed E-state index contributed by atoms with van der Waals surface area (Å²) < 4.78 is 104. The third-order valence-electron chi connectivity index (χ3n) is 3.00. The summed E-state index contributed by atoms with van der Waals surface area (Å²) in [5.74, 6) is -3.90. The van der Waals surface area contributed by atoms with Crippen molar-refractivity contribution in [1.82, 2.24) is 15.2 Å². The van der Waals surface area contributed by atoms with Gasteiger partial charge in [-0.15, -0.1) is 5.10 Å². The minimum atomic E-state index is -5.00. The molecule has 2 aromatic rings. The summed E-state index contributed by atoms with van der Waals surface area (Å²) in [6.07, 6.45) is -9.73. The van der Waals surface area contributed by atoms with Gasteiger partial charge in [0, 0.05) is 6.20 Å². The van der Waals surface area contributed by atoms with Gasteiger partial charge in [-0.25, -0.2) is 13.4 Å². The summed E-state index contributed by atoms with van der Waals surface area (Å²) in [6, 6.07) is -0.843. The number of rotatable bonds is 4. The normalized spacial score (nSPS) is 12.9. The molecule has 1 N–H and O–H groups in total. The topological polar surface area (TPSA) is 115 Å². The quantitative estimate of drug-likeness (QED) is 0.759. The molecule has 2 rings (SSSR count). The van der Waals surface area contributed by atoms with Crippen LogP contribution in [0.25, 0.3) is 0 Å². The zero-order valence-corrected chi connectivity index (χ0v) is 13.8. The van der Waals surface area contributed by atoms with Crippen LogP contribution in [0, 0.1) is 0 Å². The Bertz CT molecular complexity index is 967. The molecule has 27 heavy (non-hydrogen) atoms. The number of halogens is 6. The Labute approximate surface area is 146 Å². The molecule has 0 fully saturated rings. The van der Waals surface area contributed by atoms with Gasteiger partial charge in [-0.1, -0.05) is 12.0 Å². The van der Waals surface area contributed by atoms with Gasteiger partial charge in [0.25, 0.3) is 5.91 Å². The van der Waals surface area contributed by atoms with Gasteiger partial charge in [-0.3, -0.25) is 10.1 Å². The van der Waals surface area contributed by atoms with E-state index in [1.165, 1.54) is 0 Å². The third-order valence-corrected chi connectivity index (χ3v) is 4.74. The van der Waals surface area contributed by atoms with Crippen molar-refractivity contribution in [2.24, 2.45) is 0 Å². The highest BCUT2D eigenvalue weighted by Crippen LogP contribution is 2.32. The van der Waals surface area contributed by atoms with Crippen LogP contribution in [0.2, 0.25) is 0 Å². The van der Waals surface area contributed by atoms with E-state index in [1.54, 1.807) is 5.32 Å². The minimum absolute atomic E-state index is 0.204. The van der Waals surface area contributed by atoms with Crippen molar-refractivity contribution in [1.29, 1.82) is 0 Å². The Hall–Kier alpha value is -2.71. The van der Waals surface area contributed by atoms with Crippen molar-refractivity contribution < 1.29 is 44.0 Å². The van der Waals surface area contributed by atoms with E-state index >= 15 is 0 Å². The van der Waals surface area contributed by atoms with Crippen LogP contribution in [-0.4, -0.2) is 35.3 Å². The molecule has 15 heteroatoms. The molecule has 8 nitrogen and oxygen atoms in total. The maximum Gasteiger partial charge on any atom is 0.470 e. The summed E-state index contributed by atoms with van der Waals surface area (Å²) in [5, 5.41) is 7.17. The summed E-state index contributed by atoms with van der Waals surface area (Å²) in [7, 11) is -4.34. The van der Waals surface area contributed by atoms with Gasteiger partial charge in [0.15, 0.2) is 9.84 Å². The smallest absolute Gasteiger partial charge is 0.399 e. The number of nitrogens with one attached hydrogen (secondary N) is 1. The fourth-order valence-electron chi connectivity index (χ4n) is 1.71. The maximum absolute atomic E-state index is 12.8. The zero-order chi connectivity index (χ0) is 20.6. The van der Waals surface area contributed by atoms with Gasteiger partial charge >= 0.3 is 24.3 Å². The van der Waals surface area contributed by atoms with Crippen LogP contribution in [0.1, 0.15) is 28.9 Å². The first-order chi connectivity index (χ1) is 12.3. The molecule has 0 aliphatic heterocycles. The first-order valence-electron chi connectivity index (χ1n) is 6.77. The molecular weight excluding hydrogens is 410 g/mol. The molecule has 0 aliphatic carbocycles. The lowest BCUT2D eigenvalue weighted by atomic mass is 10.2. The number of sulfone groups is 1. The van der Waals surface area contributed by atoms with Crippen molar-refractivity contribution in [3.8, 4) is 0 Å². The van der Waals surface area contributed by atoms with Gasteiger partial charge in [0.2, 0.25) is 0 Å². The third kappa shape index (κ3) is 4.53. The second-order valence-corrected chi connectivity index (χ2v) is 7.08. The maximum atomic E-state index is 12.8. The van der Waals surface area contributed by atoms with Crippen molar-refractivity contribution in [2.45, 2.75) is 24.2 Å². The molecule has 0 saturated heterocycles. The molecule has 0 unspecified atom stereocenters. The van der Waals surface area contributed by atoms with E-state index in [1.807, 2.05) is 0 Å². The number of carbonyl (C=O) groups excluding carboxylic acids is 1. The lowest BCUT2D eigenvalue weighted by Crippen LogP contribution is -2.21. The van der Waals surface area contributed by atoms with E-state index in [2.05, 4.69) is 19.6 Å². The first kappa shape index (κ1) is 20.6. The number of carbonyl (C=O) groups is 1. The fraction of sp³-hybridized carbons (Fsp3) is 0.333. The van der Waals surface area contributed by atoms with E-state index in [-0.39, 0.29) is 12.3 Å². The number of hydrogen-bond acceptors (Lipinski definition) is 7. The lowest BCUT2D eigenvalue weighted by molar-refractivity contribution is -0.156. The molecule has 2 heterocycles. The van der Waals surface area contributed by atoms with Crippen LogP contribution < -0.4 is 5.32 Å². The standard InChI is InChI=1S/C12H8F6N4O4S/c1-2-27(24,25)6-3-5(11(13,14)15)4-19-7(6)8(23)20-10-22-21-9(26-10)12(16,17)18/h3-4H,2H2,1H3,(H,20,22,23). The molecule has 148 valence electrons. The van der Waals surface area contributed by atoms with Crippen molar-refractivity contribution in [3.05, 3.63) is 29.4 Å². The molecular formula is C12H8F6N4O4S. The van der Waals surface area contributed by atoms with Crippen LogP contribution >= 0.6 is 0 Å². The highest BCUT2D eigenvalue weighted by molar-refractivity contribution is 7.91. The number of pyridine rings is 1. The summed E-state index contributed by atoms with van der Waals surface area (Å²) >= 11 is 0. The van der Waals surface area contributed by atoms with Crippen LogP contribution in [0.3, 0.4) is 0 Å². The number of anilines is 1. The molecule has 0 atom stereocenters. The first-order valence-corrected chi connectivity index (χ1v) is 8.43. The Morgan fingerprint density at radius 3 is 2.26 bits per heavy atom. The average molecular weight is 418 g/mol. The Balaban J connectivity index is 2.45. The van der Waals surface area contributed by atoms with Crippen LogP contribution in [0.5, 0.6) is 0 Å². The molecule has 2 aromatic heterocycles. The molecule has 0 bridgehead atoms. The van der Waals surface area contributed by atoms with E-state index in [0.717, 1.165) is 6.92 Å². The van der Waals surface area contributed by atoms with Crippen molar-refractivity contribution >= 4 is 21.8 Å². The number of alkyl halides is 6. The molecule has 0 spiro atoms. The SMILES string of the molecule is CCS(=O)(=O)c1cc(C(F)(F)F)cnc1C(=O)Nc1nnc(C(F)(F)F)o1. The van der Waals surface area contributed by atoms with Gasteiger partial charge in [0.05, 0.1) is 16.2 Å². The zero-order valence-electron chi connectivity index (χ0n) is 13.0. The van der Waals surface area contributed by atoms with Gasteiger partial charge in [-0.05, 0) is 6.07 Å². The molecule has 0 aliphatic rings. The lowest BCUT2D eigenvalue weighted by Gasteiger charge is -2.11. The summed E-state index contributed by atoms with van der Waals surface area (Å²) in [6.45, 7) is 1.12. The molecule has 0 aromatic carbocycles. The largest absolute Gasteiger partial charge is 0.470 e. The molecule has 0 radical (unpaired) electrons. The van der Waals surface area contributed by atoms with Crippen LogP contribution in [0.4, 0.5) is 32.4 Å². The summed E-state index contributed by atoms with van der Waals surface area (Å²) in [5.41, 5.74) is -2.40. The van der Waals surface area contributed by atoms with Crippen LogP contribution in [0.15, 0.2) is 21.6 Å². The number of hydrogen-bond donors (Lipinski definition) is 1. The van der Waals surface area contributed by atoms with Crippen molar-refractivity contribution in [2.75, 3.05) is 11.1 Å². The van der Waals surface area contributed by atoms with Gasteiger partial charge in [-0.2, -0.15) is 26.3 Å². The second-order valence-electron chi connectivity index (χ2n) is 4.84. The van der Waals surface area contributed by atoms with E-state index in [0.29, 0.717) is 0 Å². The fourth-order valence-corrected chi connectivity index (χ4v) is 2.76. The Kier molecular flexibility index (Phi) is 5.18. The van der Waals surface area contributed by atoms with Crippen LogP contribution in [-0.2, 0) is 22.2 Å².